The molecule has 1 heterocycles. The van der Waals surface area contributed by atoms with Crippen LogP contribution in [0.1, 0.15) is 58.3 Å². The van der Waals surface area contributed by atoms with Crippen molar-refractivity contribution < 1.29 is 14.6 Å². The number of carboxylic acids is 1. The van der Waals surface area contributed by atoms with E-state index in [2.05, 4.69) is 55.5 Å². The smallest absolute Gasteiger partial charge is 0.303 e. The Bertz CT molecular complexity index is 497. The number of hydrogen-bond acceptors (Lipinski definition) is 2. The summed E-state index contributed by atoms with van der Waals surface area (Å²) in [4.78, 5) is 10.3. The maximum atomic E-state index is 10.3. The average Bonchev–Trinajstić information content (AvgIpc) is 3.34. The minimum absolute atomic E-state index is 0.207. The summed E-state index contributed by atoms with van der Waals surface area (Å²) < 4.78 is 5.65. The van der Waals surface area contributed by atoms with Crippen molar-refractivity contribution in [1.29, 1.82) is 0 Å². The third-order valence-corrected chi connectivity index (χ3v) is 3.83. The van der Waals surface area contributed by atoms with Gasteiger partial charge in [-0.3, -0.25) is 4.79 Å². The Hall–Kier alpha value is -1.87. The molecule has 1 aliphatic rings. The Kier molecular flexibility index (Phi) is 12.3. The Morgan fingerprint density at radius 2 is 1.28 bits per heavy atom. The van der Waals surface area contributed by atoms with Crippen LogP contribution in [0.3, 0.4) is 0 Å². The van der Waals surface area contributed by atoms with Gasteiger partial charge in [-0.1, -0.05) is 67.7 Å². The fourth-order valence-corrected chi connectivity index (χ4v) is 2.36. The van der Waals surface area contributed by atoms with Crippen LogP contribution in [0.5, 0.6) is 0 Å². The lowest BCUT2D eigenvalue weighted by atomic mass is 10.1. The molecule has 3 heteroatoms. The zero-order valence-corrected chi connectivity index (χ0v) is 15.3. The second-order valence-corrected chi connectivity index (χ2v) is 6.09. The molecule has 0 spiro atoms. The van der Waals surface area contributed by atoms with Crippen LogP contribution < -0.4 is 0 Å². The van der Waals surface area contributed by atoms with Crippen molar-refractivity contribution in [3.63, 3.8) is 0 Å². The highest BCUT2D eigenvalue weighted by atomic mass is 16.6. The summed E-state index contributed by atoms with van der Waals surface area (Å²) in [5, 5.41) is 8.51. The highest BCUT2D eigenvalue weighted by Gasteiger charge is 2.35. The molecule has 0 amide bonds. The first-order valence-electron chi connectivity index (χ1n) is 9.36. The third kappa shape index (κ3) is 13.1. The highest BCUT2D eigenvalue weighted by Crippen LogP contribution is 2.29. The zero-order chi connectivity index (χ0) is 18.2. The summed E-state index contributed by atoms with van der Waals surface area (Å²) in [5.41, 5.74) is 0. The number of allylic oxidation sites excluding steroid dienone is 8. The first kappa shape index (κ1) is 21.2. The van der Waals surface area contributed by atoms with Gasteiger partial charge in [-0.15, -0.1) is 0 Å². The van der Waals surface area contributed by atoms with Gasteiger partial charge in [0.1, 0.15) is 0 Å². The molecule has 25 heavy (non-hydrogen) atoms. The van der Waals surface area contributed by atoms with E-state index >= 15 is 0 Å². The standard InChI is InChI=1S/C22H32O3/c1-2-3-4-5-11-14-17-20-21(25-20)18-15-12-9-7-6-8-10-13-16-19-22(23)24/h3-4,6-7,10-15,20-21H,2,5,8-9,16-19H2,1H3,(H,23,24)/b4-3+,7-6+,13-10+,14-11+,15-12+. The number of rotatable bonds is 14. The predicted molar refractivity (Wildman–Crippen MR) is 105 cm³/mol. The minimum Gasteiger partial charge on any atom is -0.481 e. The topological polar surface area (TPSA) is 49.8 Å². The van der Waals surface area contributed by atoms with Crippen molar-refractivity contribution in [2.45, 2.75) is 70.5 Å². The lowest BCUT2D eigenvalue weighted by Gasteiger charge is -1.88. The molecule has 2 atom stereocenters. The van der Waals surface area contributed by atoms with Gasteiger partial charge in [0.25, 0.3) is 0 Å². The van der Waals surface area contributed by atoms with Crippen LogP contribution in [0.15, 0.2) is 60.8 Å². The Labute approximate surface area is 152 Å². The van der Waals surface area contributed by atoms with Gasteiger partial charge in [-0.05, 0) is 44.9 Å². The van der Waals surface area contributed by atoms with Crippen molar-refractivity contribution in [3.05, 3.63) is 60.8 Å². The third-order valence-electron chi connectivity index (χ3n) is 3.83. The predicted octanol–water partition coefficient (Wildman–Crippen LogP) is 5.76. The van der Waals surface area contributed by atoms with E-state index in [9.17, 15) is 4.79 Å². The van der Waals surface area contributed by atoms with Crippen LogP contribution in [0, 0.1) is 0 Å². The van der Waals surface area contributed by atoms with Gasteiger partial charge < -0.3 is 9.84 Å². The molecule has 1 fully saturated rings. The van der Waals surface area contributed by atoms with Crippen molar-refractivity contribution >= 4 is 5.97 Å². The molecule has 0 radical (unpaired) electrons. The number of aliphatic carboxylic acids is 1. The Balaban J connectivity index is 1.96. The van der Waals surface area contributed by atoms with E-state index in [1.807, 2.05) is 12.2 Å². The highest BCUT2D eigenvalue weighted by molar-refractivity contribution is 5.66. The largest absolute Gasteiger partial charge is 0.481 e. The molecule has 0 saturated carbocycles. The normalized spacial score (nSPS) is 20.8. The van der Waals surface area contributed by atoms with Crippen LogP contribution in [0.2, 0.25) is 0 Å². The van der Waals surface area contributed by atoms with E-state index in [0.29, 0.717) is 18.6 Å². The first-order chi connectivity index (χ1) is 12.2. The van der Waals surface area contributed by atoms with E-state index in [4.69, 9.17) is 9.84 Å². The van der Waals surface area contributed by atoms with Crippen molar-refractivity contribution in [3.8, 4) is 0 Å². The summed E-state index contributed by atoms with van der Waals surface area (Å²) in [6.07, 6.45) is 28.9. The van der Waals surface area contributed by atoms with Gasteiger partial charge in [0.05, 0.1) is 12.2 Å². The fraction of sp³-hybridized carbons (Fsp3) is 0.500. The molecular weight excluding hydrogens is 312 g/mol. The molecular formula is C22H32O3. The lowest BCUT2D eigenvalue weighted by molar-refractivity contribution is -0.136. The van der Waals surface area contributed by atoms with Gasteiger partial charge in [0, 0.05) is 6.42 Å². The van der Waals surface area contributed by atoms with Crippen molar-refractivity contribution in [2.24, 2.45) is 0 Å². The number of carboxylic acid groups (broad SMARTS) is 1. The van der Waals surface area contributed by atoms with Crippen molar-refractivity contribution in [2.75, 3.05) is 0 Å². The summed E-state index contributed by atoms with van der Waals surface area (Å²) in [6.45, 7) is 2.15. The van der Waals surface area contributed by atoms with Crippen LogP contribution in [-0.4, -0.2) is 23.3 Å². The second kappa shape index (κ2) is 14.5. The van der Waals surface area contributed by atoms with E-state index in [0.717, 1.165) is 38.5 Å². The van der Waals surface area contributed by atoms with Crippen LogP contribution in [0.25, 0.3) is 0 Å². The fourth-order valence-electron chi connectivity index (χ4n) is 2.36. The molecule has 2 unspecified atom stereocenters. The van der Waals surface area contributed by atoms with E-state index in [1.54, 1.807) is 0 Å². The molecule has 1 saturated heterocycles. The maximum absolute atomic E-state index is 10.3. The maximum Gasteiger partial charge on any atom is 0.303 e. The number of epoxide rings is 1. The van der Waals surface area contributed by atoms with Crippen LogP contribution >= 0.6 is 0 Å². The molecule has 3 nitrogen and oxygen atoms in total. The van der Waals surface area contributed by atoms with E-state index in [-0.39, 0.29) is 6.42 Å². The molecule has 0 aliphatic carbocycles. The van der Waals surface area contributed by atoms with Gasteiger partial charge in [0.2, 0.25) is 0 Å². The Morgan fingerprint density at radius 3 is 1.80 bits per heavy atom. The average molecular weight is 344 g/mol. The van der Waals surface area contributed by atoms with Gasteiger partial charge in [-0.2, -0.15) is 0 Å². The summed E-state index contributed by atoms with van der Waals surface area (Å²) >= 11 is 0. The summed E-state index contributed by atoms with van der Waals surface area (Å²) in [5.74, 6) is -0.743. The zero-order valence-electron chi connectivity index (χ0n) is 15.3. The molecule has 0 bridgehead atoms. The van der Waals surface area contributed by atoms with Gasteiger partial charge in [0.15, 0.2) is 0 Å². The van der Waals surface area contributed by atoms with Gasteiger partial charge >= 0.3 is 5.97 Å². The molecule has 0 aromatic rings. The molecule has 1 aliphatic heterocycles. The summed E-state index contributed by atoms with van der Waals surface area (Å²) in [6, 6.07) is 0. The molecule has 138 valence electrons. The summed E-state index contributed by atoms with van der Waals surface area (Å²) in [7, 11) is 0. The Morgan fingerprint density at radius 1 is 0.800 bits per heavy atom. The minimum atomic E-state index is -0.743. The molecule has 1 N–H and O–H groups in total. The van der Waals surface area contributed by atoms with Gasteiger partial charge in [-0.25, -0.2) is 0 Å². The van der Waals surface area contributed by atoms with Crippen LogP contribution in [-0.2, 0) is 9.53 Å². The van der Waals surface area contributed by atoms with Crippen LogP contribution in [0.4, 0.5) is 0 Å². The molecule has 0 aromatic carbocycles. The monoisotopic (exact) mass is 344 g/mol. The number of ether oxygens (including phenoxy) is 1. The van der Waals surface area contributed by atoms with E-state index < -0.39 is 5.97 Å². The SMILES string of the molecule is CC/C=C/C/C=C/CC1OC1C/C=C/C/C=C/C/C=C/CCC(=O)O. The first-order valence-corrected chi connectivity index (χ1v) is 9.36. The second-order valence-electron chi connectivity index (χ2n) is 6.09. The lowest BCUT2D eigenvalue weighted by Crippen LogP contribution is -1.91. The van der Waals surface area contributed by atoms with E-state index in [1.165, 1.54) is 0 Å². The quantitative estimate of drug-likeness (QED) is 0.322. The molecule has 1 rings (SSSR count). The number of carbonyl (C=O) groups is 1. The van der Waals surface area contributed by atoms with Crippen molar-refractivity contribution in [1.82, 2.24) is 0 Å². The number of hydrogen-bond donors (Lipinski definition) is 1. The molecule has 0 aromatic heterocycles.